The number of nitrogens with two attached hydrogens (primary N) is 1. The predicted molar refractivity (Wildman–Crippen MR) is 87.0 cm³/mol. The van der Waals surface area contributed by atoms with E-state index in [-0.39, 0.29) is 5.41 Å². The van der Waals surface area contributed by atoms with Crippen molar-refractivity contribution in [1.82, 2.24) is 34.6 Å². The van der Waals surface area contributed by atoms with Crippen LogP contribution in [0.3, 0.4) is 0 Å². The first-order chi connectivity index (χ1) is 10.3. The van der Waals surface area contributed by atoms with Gasteiger partial charge in [-0.2, -0.15) is 5.10 Å². The number of aryl methyl sites for hydroxylation is 1. The smallest absolute Gasteiger partial charge is 0.216 e. The first-order valence-corrected chi connectivity index (χ1v) is 8.12. The van der Waals surface area contributed by atoms with Crippen molar-refractivity contribution >= 4 is 38.7 Å². The molecule has 0 radical (unpaired) electrons. The lowest BCUT2D eigenvalue weighted by Gasteiger charge is -2.16. The molecule has 0 saturated carbocycles. The first-order valence-electron chi connectivity index (χ1n) is 6.51. The third kappa shape index (κ3) is 2.45. The van der Waals surface area contributed by atoms with Crippen LogP contribution >= 0.6 is 27.7 Å². The van der Waals surface area contributed by atoms with Gasteiger partial charge in [0.2, 0.25) is 5.16 Å². The number of aromatic nitrogens is 7. The van der Waals surface area contributed by atoms with Crippen LogP contribution in [0, 0.1) is 0 Å². The molecule has 0 fully saturated rings. The lowest BCUT2D eigenvalue weighted by Crippen LogP contribution is -2.24. The Labute approximate surface area is 139 Å². The fourth-order valence-electron chi connectivity index (χ4n) is 2.04. The molecule has 2 N–H and O–H groups in total. The zero-order valence-corrected chi connectivity index (χ0v) is 15.0. The molecule has 0 unspecified atom stereocenters. The minimum atomic E-state index is -0.184. The third-order valence-corrected chi connectivity index (χ3v) is 4.59. The standard InChI is InChI=1S/C12H15BrN8S/c1-12(2,3)10-17-18-11(21(10)14)22-9-6-7(13)19-20(4)8(6)15-5-16-9/h5H,14H2,1-4H3. The van der Waals surface area contributed by atoms with Crippen LogP contribution in [0.1, 0.15) is 26.6 Å². The fraction of sp³-hybridized carbons (Fsp3) is 0.417. The zero-order chi connectivity index (χ0) is 16.1. The van der Waals surface area contributed by atoms with Crippen LogP contribution in [0.4, 0.5) is 0 Å². The maximum Gasteiger partial charge on any atom is 0.216 e. The zero-order valence-electron chi connectivity index (χ0n) is 12.6. The molecule has 0 atom stereocenters. The number of rotatable bonds is 2. The van der Waals surface area contributed by atoms with E-state index >= 15 is 0 Å². The molecule has 0 amide bonds. The molecule has 3 aromatic rings. The van der Waals surface area contributed by atoms with E-state index < -0.39 is 0 Å². The molecule has 0 aliphatic carbocycles. The number of hydrogen-bond donors (Lipinski definition) is 1. The molecule has 0 aromatic carbocycles. The Morgan fingerprint density at radius 2 is 1.95 bits per heavy atom. The minimum absolute atomic E-state index is 0.184. The quantitative estimate of drug-likeness (QED) is 0.533. The highest BCUT2D eigenvalue weighted by molar-refractivity contribution is 9.10. The van der Waals surface area contributed by atoms with Crippen LogP contribution in [-0.2, 0) is 12.5 Å². The Balaban J connectivity index is 2.07. The topological polar surface area (TPSA) is 100 Å². The Bertz CT molecular complexity index is 847. The second-order valence-electron chi connectivity index (χ2n) is 5.82. The highest BCUT2D eigenvalue weighted by atomic mass is 79.9. The van der Waals surface area contributed by atoms with Crippen LogP contribution < -0.4 is 5.84 Å². The molecule has 0 aliphatic heterocycles. The summed E-state index contributed by atoms with van der Waals surface area (Å²) in [5, 5.41) is 14.8. The van der Waals surface area contributed by atoms with Crippen LogP contribution in [0.5, 0.6) is 0 Å². The molecule has 22 heavy (non-hydrogen) atoms. The van der Waals surface area contributed by atoms with E-state index in [0.29, 0.717) is 15.6 Å². The molecular formula is C12H15BrN8S. The summed E-state index contributed by atoms with van der Waals surface area (Å²) in [4.78, 5) is 8.56. The van der Waals surface area contributed by atoms with Gasteiger partial charge in [0, 0.05) is 12.5 Å². The van der Waals surface area contributed by atoms with E-state index in [9.17, 15) is 0 Å². The van der Waals surface area contributed by atoms with E-state index in [4.69, 9.17) is 5.84 Å². The molecule has 0 saturated heterocycles. The predicted octanol–water partition coefficient (Wildman–Crippen LogP) is 1.88. The highest BCUT2D eigenvalue weighted by Crippen LogP contribution is 2.34. The van der Waals surface area contributed by atoms with Crippen molar-refractivity contribution in [2.45, 2.75) is 36.4 Å². The van der Waals surface area contributed by atoms with Crippen LogP contribution in [0.15, 0.2) is 21.1 Å². The molecule has 116 valence electrons. The van der Waals surface area contributed by atoms with Gasteiger partial charge in [0.25, 0.3) is 0 Å². The summed E-state index contributed by atoms with van der Waals surface area (Å²) in [6.07, 6.45) is 1.50. The average molecular weight is 383 g/mol. The summed E-state index contributed by atoms with van der Waals surface area (Å²) >= 11 is 4.78. The lowest BCUT2D eigenvalue weighted by molar-refractivity contribution is 0.523. The number of halogens is 1. The summed E-state index contributed by atoms with van der Waals surface area (Å²) in [5.74, 6) is 6.83. The van der Waals surface area contributed by atoms with E-state index in [2.05, 4.69) is 41.2 Å². The highest BCUT2D eigenvalue weighted by Gasteiger charge is 2.24. The third-order valence-electron chi connectivity index (χ3n) is 3.07. The first kappa shape index (κ1) is 15.2. The van der Waals surface area contributed by atoms with Crippen LogP contribution in [0.25, 0.3) is 11.0 Å². The molecular weight excluding hydrogens is 368 g/mol. The maximum absolute atomic E-state index is 6.12. The van der Waals surface area contributed by atoms with Crippen molar-refractivity contribution in [3.05, 3.63) is 16.8 Å². The molecule has 0 bridgehead atoms. The summed E-state index contributed by atoms with van der Waals surface area (Å²) in [6.45, 7) is 6.11. The van der Waals surface area contributed by atoms with Crippen molar-refractivity contribution in [2.75, 3.05) is 5.84 Å². The van der Waals surface area contributed by atoms with Gasteiger partial charge in [0.15, 0.2) is 11.5 Å². The van der Waals surface area contributed by atoms with Gasteiger partial charge in [-0.05, 0) is 27.7 Å². The SMILES string of the molecule is Cn1nc(Br)c2c(Sc3nnc(C(C)(C)C)n3N)ncnc21. The Morgan fingerprint density at radius 3 is 2.59 bits per heavy atom. The van der Waals surface area contributed by atoms with E-state index in [1.165, 1.54) is 22.8 Å². The van der Waals surface area contributed by atoms with Crippen molar-refractivity contribution in [3.8, 4) is 0 Å². The molecule has 3 rings (SSSR count). The van der Waals surface area contributed by atoms with Gasteiger partial charge in [-0.25, -0.2) is 19.3 Å². The summed E-state index contributed by atoms with van der Waals surface area (Å²) in [5.41, 5.74) is 0.555. The molecule has 10 heteroatoms. The summed E-state index contributed by atoms with van der Waals surface area (Å²) in [6, 6.07) is 0. The number of nitrogen functional groups attached to an aromatic ring is 1. The number of fused-ring (bicyclic) bond motifs is 1. The van der Waals surface area contributed by atoms with Gasteiger partial charge < -0.3 is 5.84 Å². The van der Waals surface area contributed by atoms with E-state index in [1.54, 1.807) is 4.68 Å². The molecule has 3 heterocycles. The van der Waals surface area contributed by atoms with Gasteiger partial charge in [-0.15, -0.1) is 10.2 Å². The van der Waals surface area contributed by atoms with Crippen molar-refractivity contribution in [1.29, 1.82) is 0 Å². The summed E-state index contributed by atoms with van der Waals surface area (Å²) in [7, 11) is 1.83. The molecule has 8 nitrogen and oxygen atoms in total. The van der Waals surface area contributed by atoms with Gasteiger partial charge in [-0.3, -0.25) is 0 Å². The fourth-order valence-corrected chi connectivity index (χ4v) is 3.60. The minimum Gasteiger partial charge on any atom is -0.336 e. The van der Waals surface area contributed by atoms with E-state index in [0.717, 1.165) is 16.1 Å². The van der Waals surface area contributed by atoms with E-state index in [1.807, 2.05) is 27.8 Å². The van der Waals surface area contributed by atoms with Crippen molar-refractivity contribution in [2.24, 2.45) is 7.05 Å². The van der Waals surface area contributed by atoms with Crippen molar-refractivity contribution in [3.63, 3.8) is 0 Å². The Hall–Kier alpha value is -1.68. The van der Waals surface area contributed by atoms with Gasteiger partial charge in [0.1, 0.15) is 16.0 Å². The number of nitrogens with zero attached hydrogens (tertiary/aromatic N) is 7. The lowest BCUT2D eigenvalue weighted by atomic mass is 9.96. The normalized spacial score (nSPS) is 12.2. The maximum atomic E-state index is 6.12. The number of hydrogen-bond acceptors (Lipinski definition) is 7. The van der Waals surface area contributed by atoms with Crippen LogP contribution in [-0.4, -0.2) is 34.6 Å². The molecule has 0 spiro atoms. The Kier molecular flexibility index (Phi) is 3.60. The largest absolute Gasteiger partial charge is 0.336 e. The molecule has 0 aliphatic rings. The van der Waals surface area contributed by atoms with Gasteiger partial charge in [-0.1, -0.05) is 20.8 Å². The monoisotopic (exact) mass is 382 g/mol. The Morgan fingerprint density at radius 1 is 1.23 bits per heavy atom. The second kappa shape index (κ2) is 5.20. The van der Waals surface area contributed by atoms with Crippen LogP contribution in [0.2, 0.25) is 0 Å². The summed E-state index contributed by atoms with van der Waals surface area (Å²) < 4.78 is 3.88. The average Bonchev–Trinajstić information content (AvgIpc) is 2.92. The van der Waals surface area contributed by atoms with Gasteiger partial charge >= 0.3 is 0 Å². The van der Waals surface area contributed by atoms with Gasteiger partial charge in [0.05, 0.1) is 5.39 Å². The van der Waals surface area contributed by atoms with Crippen molar-refractivity contribution < 1.29 is 0 Å². The second-order valence-corrected chi connectivity index (χ2v) is 7.53. The molecule has 3 aromatic heterocycles.